The fourth-order valence-electron chi connectivity index (χ4n) is 4.79. The zero-order valence-corrected chi connectivity index (χ0v) is 22.2. The van der Waals surface area contributed by atoms with Gasteiger partial charge in [-0.1, -0.05) is 125 Å². The van der Waals surface area contributed by atoms with Crippen molar-refractivity contribution in [2.45, 2.75) is 78.1 Å². The molecule has 0 aliphatic rings. The summed E-state index contributed by atoms with van der Waals surface area (Å²) in [4.78, 5) is 0. The number of unbranched alkanes of at least 4 members (excludes halogenated alkanes) is 6. The first-order chi connectivity index (χ1) is 17.7. The van der Waals surface area contributed by atoms with Crippen LogP contribution in [0.3, 0.4) is 0 Å². The van der Waals surface area contributed by atoms with E-state index in [0.717, 1.165) is 11.1 Å². The minimum absolute atomic E-state index is 1.05. The Morgan fingerprint density at radius 3 is 1.69 bits per heavy atom. The SMILES string of the molecule is CCCCCCCc1ccc(-c2ccc(C#Cc3ccc4cc(CCCCC)ccc4c3)cc2)cc1. The van der Waals surface area contributed by atoms with Crippen molar-refractivity contribution in [1.82, 2.24) is 0 Å². The van der Waals surface area contributed by atoms with Gasteiger partial charge in [0.25, 0.3) is 0 Å². The summed E-state index contributed by atoms with van der Waals surface area (Å²) in [5.74, 6) is 6.71. The number of rotatable bonds is 11. The van der Waals surface area contributed by atoms with E-state index in [1.165, 1.54) is 97.2 Å². The third-order valence-corrected chi connectivity index (χ3v) is 7.07. The lowest BCUT2D eigenvalue weighted by atomic mass is 10.00. The van der Waals surface area contributed by atoms with E-state index in [1.54, 1.807) is 0 Å². The number of fused-ring (bicyclic) bond motifs is 1. The van der Waals surface area contributed by atoms with E-state index < -0.39 is 0 Å². The third kappa shape index (κ3) is 7.60. The Morgan fingerprint density at radius 2 is 0.944 bits per heavy atom. The Bertz CT molecular complexity index is 1280. The molecule has 184 valence electrons. The predicted octanol–water partition coefficient (Wildman–Crippen LogP) is 10.2. The molecule has 0 unspecified atom stereocenters. The largest absolute Gasteiger partial charge is 0.0654 e. The van der Waals surface area contributed by atoms with Crippen LogP contribution in [0.25, 0.3) is 21.9 Å². The minimum Gasteiger partial charge on any atom is -0.0654 e. The second kappa shape index (κ2) is 13.7. The van der Waals surface area contributed by atoms with E-state index in [1.807, 2.05) is 0 Å². The number of hydrogen-bond donors (Lipinski definition) is 0. The fraction of sp³-hybridized carbons (Fsp3) is 0.333. The summed E-state index contributed by atoms with van der Waals surface area (Å²) in [5, 5.41) is 2.57. The van der Waals surface area contributed by atoms with Crippen LogP contribution in [0.15, 0.2) is 84.9 Å². The number of aryl methyl sites for hydroxylation is 2. The van der Waals surface area contributed by atoms with Crippen LogP contribution in [-0.4, -0.2) is 0 Å². The normalized spacial score (nSPS) is 10.8. The van der Waals surface area contributed by atoms with Crippen LogP contribution in [-0.2, 0) is 12.8 Å². The molecule has 0 heteroatoms. The molecule has 0 heterocycles. The Hall–Kier alpha value is -3.30. The molecule has 0 nitrogen and oxygen atoms in total. The van der Waals surface area contributed by atoms with E-state index in [0.29, 0.717) is 0 Å². The first kappa shape index (κ1) is 25.8. The summed E-state index contributed by atoms with van der Waals surface area (Å²) < 4.78 is 0. The first-order valence-electron chi connectivity index (χ1n) is 14.0. The fourth-order valence-corrected chi connectivity index (χ4v) is 4.79. The molecule has 0 saturated carbocycles. The summed E-state index contributed by atoms with van der Waals surface area (Å²) >= 11 is 0. The molecule has 0 bridgehead atoms. The van der Waals surface area contributed by atoms with Crippen molar-refractivity contribution in [1.29, 1.82) is 0 Å². The van der Waals surface area contributed by atoms with Gasteiger partial charge in [-0.05, 0) is 83.0 Å². The van der Waals surface area contributed by atoms with E-state index in [4.69, 9.17) is 0 Å². The lowest BCUT2D eigenvalue weighted by molar-refractivity contribution is 0.632. The molecular formula is C36H40. The summed E-state index contributed by atoms with van der Waals surface area (Å²) in [6.07, 6.45) is 12.9. The van der Waals surface area contributed by atoms with Gasteiger partial charge in [0.15, 0.2) is 0 Å². The van der Waals surface area contributed by atoms with Crippen molar-refractivity contribution in [2.75, 3.05) is 0 Å². The van der Waals surface area contributed by atoms with Gasteiger partial charge >= 0.3 is 0 Å². The highest BCUT2D eigenvalue weighted by molar-refractivity contribution is 5.84. The molecule has 0 fully saturated rings. The second-order valence-electron chi connectivity index (χ2n) is 10.0. The molecule has 0 N–H and O–H groups in total. The van der Waals surface area contributed by atoms with Crippen molar-refractivity contribution in [3.8, 4) is 23.0 Å². The zero-order chi connectivity index (χ0) is 25.0. The molecule has 0 amide bonds. The van der Waals surface area contributed by atoms with E-state index in [9.17, 15) is 0 Å². The second-order valence-corrected chi connectivity index (χ2v) is 10.0. The molecule has 0 radical (unpaired) electrons. The van der Waals surface area contributed by atoms with Crippen LogP contribution in [0.1, 0.15) is 87.5 Å². The molecule has 4 aromatic carbocycles. The summed E-state index contributed by atoms with van der Waals surface area (Å²) in [7, 11) is 0. The molecular weight excluding hydrogens is 432 g/mol. The van der Waals surface area contributed by atoms with Crippen LogP contribution in [0.2, 0.25) is 0 Å². The summed E-state index contributed by atoms with van der Waals surface area (Å²) in [5.41, 5.74) is 7.51. The minimum atomic E-state index is 1.05. The van der Waals surface area contributed by atoms with Gasteiger partial charge in [-0.25, -0.2) is 0 Å². The van der Waals surface area contributed by atoms with Gasteiger partial charge in [-0.3, -0.25) is 0 Å². The van der Waals surface area contributed by atoms with Crippen molar-refractivity contribution in [3.05, 3.63) is 107 Å². The molecule has 0 aliphatic heterocycles. The summed E-state index contributed by atoms with van der Waals surface area (Å²) in [6.45, 7) is 4.53. The number of benzene rings is 4. The molecule has 0 saturated heterocycles. The zero-order valence-electron chi connectivity index (χ0n) is 22.2. The lowest BCUT2D eigenvalue weighted by Crippen LogP contribution is -1.87. The molecule has 0 spiro atoms. The molecule has 0 atom stereocenters. The highest BCUT2D eigenvalue weighted by atomic mass is 14.1. The quantitative estimate of drug-likeness (QED) is 0.150. The maximum absolute atomic E-state index is 3.36. The summed E-state index contributed by atoms with van der Waals surface area (Å²) in [6, 6.07) is 31.1. The highest BCUT2D eigenvalue weighted by Crippen LogP contribution is 2.22. The van der Waals surface area contributed by atoms with E-state index in [-0.39, 0.29) is 0 Å². The molecule has 0 aromatic heterocycles. The molecule has 4 rings (SSSR count). The maximum atomic E-state index is 3.36. The van der Waals surface area contributed by atoms with E-state index >= 15 is 0 Å². The van der Waals surface area contributed by atoms with Gasteiger partial charge in [0.05, 0.1) is 0 Å². The topological polar surface area (TPSA) is 0 Å². The van der Waals surface area contributed by atoms with Crippen LogP contribution in [0, 0.1) is 11.8 Å². The Balaban J connectivity index is 1.36. The van der Waals surface area contributed by atoms with Crippen molar-refractivity contribution in [2.24, 2.45) is 0 Å². The van der Waals surface area contributed by atoms with Gasteiger partial charge in [0.2, 0.25) is 0 Å². The van der Waals surface area contributed by atoms with Gasteiger partial charge in [0, 0.05) is 11.1 Å². The van der Waals surface area contributed by atoms with Gasteiger partial charge in [0.1, 0.15) is 0 Å². The van der Waals surface area contributed by atoms with Gasteiger partial charge in [-0.15, -0.1) is 0 Å². The van der Waals surface area contributed by atoms with Gasteiger partial charge < -0.3 is 0 Å². The van der Waals surface area contributed by atoms with Crippen LogP contribution >= 0.6 is 0 Å². The standard InChI is InChI=1S/C36H40/c1-3-5-7-8-10-11-29-15-21-33(22-16-29)34-23-17-30(18-24-34)13-14-32-20-26-35-27-31(12-9-6-4-2)19-25-36(35)28-32/h15-28H,3-12H2,1-2H3. The third-order valence-electron chi connectivity index (χ3n) is 7.07. The average molecular weight is 473 g/mol. The Labute approximate surface area is 218 Å². The molecule has 36 heavy (non-hydrogen) atoms. The lowest BCUT2D eigenvalue weighted by Gasteiger charge is -2.05. The van der Waals surface area contributed by atoms with Crippen LogP contribution in [0.5, 0.6) is 0 Å². The van der Waals surface area contributed by atoms with E-state index in [2.05, 4.69) is 111 Å². The Kier molecular flexibility index (Phi) is 9.81. The highest BCUT2D eigenvalue weighted by Gasteiger charge is 2.01. The van der Waals surface area contributed by atoms with Crippen LogP contribution in [0.4, 0.5) is 0 Å². The Morgan fingerprint density at radius 1 is 0.444 bits per heavy atom. The first-order valence-corrected chi connectivity index (χ1v) is 14.0. The smallest absolute Gasteiger partial charge is 0.0255 e. The maximum Gasteiger partial charge on any atom is 0.0255 e. The number of hydrogen-bond acceptors (Lipinski definition) is 0. The van der Waals surface area contributed by atoms with Crippen molar-refractivity contribution in [3.63, 3.8) is 0 Å². The van der Waals surface area contributed by atoms with Crippen LogP contribution < -0.4 is 0 Å². The predicted molar refractivity (Wildman–Crippen MR) is 157 cm³/mol. The van der Waals surface area contributed by atoms with Gasteiger partial charge in [-0.2, -0.15) is 0 Å². The van der Waals surface area contributed by atoms with Crippen molar-refractivity contribution < 1.29 is 0 Å². The molecule has 4 aromatic rings. The average Bonchev–Trinajstić information content (AvgIpc) is 2.92. The van der Waals surface area contributed by atoms with Crippen molar-refractivity contribution >= 4 is 10.8 Å². The monoisotopic (exact) mass is 472 g/mol. The molecule has 0 aliphatic carbocycles.